The Morgan fingerprint density at radius 3 is 2.00 bits per heavy atom. The van der Waals surface area contributed by atoms with Crippen molar-refractivity contribution in [3.63, 3.8) is 0 Å². The number of rotatable bonds is 9. The van der Waals surface area contributed by atoms with Crippen molar-refractivity contribution in [1.29, 1.82) is 0 Å². The van der Waals surface area contributed by atoms with Crippen molar-refractivity contribution in [1.82, 2.24) is 5.32 Å². The molecule has 0 bridgehead atoms. The summed E-state index contributed by atoms with van der Waals surface area (Å²) in [6, 6.07) is -2.17. The molecule has 0 saturated heterocycles. The lowest BCUT2D eigenvalue weighted by Crippen LogP contribution is -2.50. The molecule has 0 rings (SSSR count). The van der Waals surface area contributed by atoms with Gasteiger partial charge in [0.25, 0.3) is 0 Å². The Kier molecular flexibility index (Phi) is 6.96. The van der Waals surface area contributed by atoms with E-state index in [0.29, 0.717) is 6.42 Å². The Morgan fingerprint density at radius 2 is 1.67 bits per heavy atom. The van der Waals surface area contributed by atoms with Gasteiger partial charge in [-0.3, -0.25) is 19.7 Å². The molecule has 4 N–H and O–H groups in total. The highest BCUT2D eigenvalue weighted by molar-refractivity contribution is 5.78. The molecule has 0 radical (unpaired) electrons. The number of nitrogens with one attached hydrogen (secondary N) is 1. The first-order valence-corrected chi connectivity index (χ1v) is 5.73. The van der Waals surface area contributed by atoms with Gasteiger partial charge in [0.05, 0.1) is 0 Å². The second kappa shape index (κ2) is 7.65. The van der Waals surface area contributed by atoms with Crippen LogP contribution in [0.15, 0.2) is 0 Å². The molecule has 7 nitrogen and oxygen atoms in total. The third kappa shape index (κ3) is 5.62. The van der Waals surface area contributed by atoms with Crippen LogP contribution in [-0.2, 0) is 14.4 Å². The molecule has 0 aliphatic carbocycles. The highest BCUT2D eigenvalue weighted by Crippen LogP contribution is 2.10. The summed E-state index contributed by atoms with van der Waals surface area (Å²) in [4.78, 5) is 32.4. The Morgan fingerprint density at radius 1 is 1.11 bits per heavy atom. The van der Waals surface area contributed by atoms with E-state index in [-0.39, 0.29) is 18.8 Å². The molecule has 0 aromatic rings. The van der Waals surface area contributed by atoms with E-state index in [9.17, 15) is 14.4 Å². The van der Waals surface area contributed by atoms with E-state index < -0.39 is 30.0 Å². The molecule has 104 valence electrons. The highest BCUT2D eigenvalue weighted by Gasteiger charge is 2.29. The molecule has 7 heteroatoms. The van der Waals surface area contributed by atoms with Gasteiger partial charge in [0.15, 0.2) is 0 Å². The third-order valence-electron chi connectivity index (χ3n) is 2.80. The van der Waals surface area contributed by atoms with Gasteiger partial charge >= 0.3 is 17.9 Å². The first kappa shape index (κ1) is 16.4. The summed E-state index contributed by atoms with van der Waals surface area (Å²) >= 11 is 0. The van der Waals surface area contributed by atoms with Crippen LogP contribution in [0.2, 0.25) is 0 Å². The minimum Gasteiger partial charge on any atom is -0.481 e. The summed E-state index contributed by atoms with van der Waals surface area (Å²) in [5.74, 6) is -3.73. The van der Waals surface area contributed by atoms with Crippen molar-refractivity contribution in [2.24, 2.45) is 5.92 Å². The van der Waals surface area contributed by atoms with E-state index >= 15 is 0 Å². The quantitative estimate of drug-likeness (QED) is 0.473. The molecule has 0 amide bonds. The molecule has 0 fully saturated rings. The Hall–Kier alpha value is -1.63. The zero-order valence-electron chi connectivity index (χ0n) is 10.4. The normalized spacial score (nSPS) is 15.7. The molecular weight excluding hydrogens is 242 g/mol. The minimum absolute atomic E-state index is 0.148. The van der Waals surface area contributed by atoms with Gasteiger partial charge in [-0.15, -0.1) is 0 Å². The first-order chi connectivity index (χ1) is 8.29. The molecule has 0 aromatic heterocycles. The molecule has 0 aromatic carbocycles. The monoisotopic (exact) mass is 261 g/mol. The van der Waals surface area contributed by atoms with E-state index in [1.54, 1.807) is 13.8 Å². The van der Waals surface area contributed by atoms with Crippen molar-refractivity contribution >= 4 is 17.9 Å². The lowest BCUT2D eigenvalue weighted by atomic mass is 9.97. The average Bonchev–Trinajstić information content (AvgIpc) is 2.26. The molecule has 0 aliphatic heterocycles. The van der Waals surface area contributed by atoms with Crippen molar-refractivity contribution < 1.29 is 29.7 Å². The van der Waals surface area contributed by atoms with Crippen LogP contribution in [0, 0.1) is 5.92 Å². The number of carbonyl (C=O) groups is 3. The van der Waals surface area contributed by atoms with Crippen LogP contribution in [0.3, 0.4) is 0 Å². The zero-order chi connectivity index (χ0) is 14.3. The van der Waals surface area contributed by atoms with Gasteiger partial charge < -0.3 is 15.3 Å². The summed E-state index contributed by atoms with van der Waals surface area (Å²) in [7, 11) is 0. The summed E-state index contributed by atoms with van der Waals surface area (Å²) in [5, 5.41) is 28.9. The zero-order valence-corrected chi connectivity index (χ0v) is 10.4. The predicted octanol–water partition coefficient (Wildman–Crippen LogP) is 0.393. The van der Waals surface area contributed by atoms with Crippen LogP contribution in [-0.4, -0.2) is 45.3 Å². The number of hydrogen-bond acceptors (Lipinski definition) is 4. The summed E-state index contributed by atoms with van der Waals surface area (Å²) in [6.07, 6.45) is 0.108. The molecule has 2 unspecified atom stereocenters. The van der Waals surface area contributed by atoms with Gasteiger partial charge in [-0.1, -0.05) is 20.3 Å². The topological polar surface area (TPSA) is 124 Å². The first-order valence-electron chi connectivity index (χ1n) is 5.73. The fourth-order valence-electron chi connectivity index (χ4n) is 1.48. The smallest absolute Gasteiger partial charge is 0.320 e. The maximum absolute atomic E-state index is 11.0. The number of carboxylic acid groups (broad SMARTS) is 3. The van der Waals surface area contributed by atoms with E-state index in [4.69, 9.17) is 15.3 Å². The predicted molar refractivity (Wildman–Crippen MR) is 62.3 cm³/mol. The average molecular weight is 261 g/mol. The van der Waals surface area contributed by atoms with Gasteiger partial charge in [0, 0.05) is 6.42 Å². The van der Waals surface area contributed by atoms with Crippen LogP contribution >= 0.6 is 0 Å². The molecular formula is C11H19NO6. The van der Waals surface area contributed by atoms with Gasteiger partial charge in [-0.05, 0) is 12.3 Å². The largest absolute Gasteiger partial charge is 0.481 e. The Balaban J connectivity index is 4.66. The molecule has 0 saturated carbocycles. The number of aliphatic carboxylic acids is 3. The Labute approximate surface area is 105 Å². The highest BCUT2D eigenvalue weighted by atomic mass is 16.4. The van der Waals surface area contributed by atoms with Crippen LogP contribution < -0.4 is 5.32 Å². The fourth-order valence-corrected chi connectivity index (χ4v) is 1.48. The van der Waals surface area contributed by atoms with E-state index in [0.717, 1.165) is 0 Å². The molecule has 18 heavy (non-hydrogen) atoms. The summed E-state index contributed by atoms with van der Waals surface area (Å²) in [5.41, 5.74) is 0. The maximum atomic E-state index is 11.0. The van der Waals surface area contributed by atoms with Crippen LogP contribution in [0.1, 0.15) is 33.1 Å². The summed E-state index contributed by atoms with van der Waals surface area (Å²) < 4.78 is 0. The lowest BCUT2D eigenvalue weighted by molar-refractivity contribution is -0.143. The maximum Gasteiger partial charge on any atom is 0.320 e. The van der Waals surface area contributed by atoms with Gasteiger partial charge in [0.2, 0.25) is 0 Å². The lowest BCUT2D eigenvalue weighted by Gasteiger charge is -2.24. The second-order valence-electron chi connectivity index (χ2n) is 4.19. The third-order valence-corrected chi connectivity index (χ3v) is 2.80. The van der Waals surface area contributed by atoms with Crippen molar-refractivity contribution in [3.05, 3.63) is 0 Å². The van der Waals surface area contributed by atoms with Crippen LogP contribution in [0.4, 0.5) is 0 Å². The number of hydrogen-bond donors (Lipinski definition) is 4. The molecule has 0 heterocycles. The Bertz CT molecular complexity index is 317. The van der Waals surface area contributed by atoms with Crippen LogP contribution in [0.5, 0.6) is 0 Å². The van der Waals surface area contributed by atoms with Crippen LogP contribution in [0.25, 0.3) is 0 Å². The van der Waals surface area contributed by atoms with Crippen molar-refractivity contribution in [2.75, 3.05) is 0 Å². The van der Waals surface area contributed by atoms with E-state index in [1.807, 2.05) is 0 Å². The van der Waals surface area contributed by atoms with Crippen molar-refractivity contribution in [3.8, 4) is 0 Å². The molecule has 0 spiro atoms. The summed E-state index contributed by atoms with van der Waals surface area (Å²) in [6.45, 7) is 3.50. The SMILES string of the molecule is CCC(C)C(N[C@@H](CCC(=O)O)C(=O)O)C(=O)O. The molecule has 3 atom stereocenters. The van der Waals surface area contributed by atoms with E-state index in [1.165, 1.54) is 0 Å². The van der Waals surface area contributed by atoms with Crippen molar-refractivity contribution in [2.45, 2.75) is 45.2 Å². The molecule has 0 aliphatic rings. The minimum atomic E-state index is -1.24. The van der Waals surface area contributed by atoms with Gasteiger partial charge in [-0.2, -0.15) is 0 Å². The van der Waals surface area contributed by atoms with Gasteiger partial charge in [0.1, 0.15) is 12.1 Å². The standard InChI is InChI=1S/C11H19NO6/c1-3-6(2)9(11(17)18)12-7(10(15)16)4-5-8(13)14/h6-7,9,12H,3-5H2,1-2H3,(H,13,14)(H,15,16)(H,17,18)/t6?,7-,9?/m0/s1. The van der Waals surface area contributed by atoms with E-state index in [2.05, 4.69) is 5.32 Å². The van der Waals surface area contributed by atoms with Gasteiger partial charge in [-0.25, -0.2) is 0 Å². The number of carboxylic acids is 3. The second-order valence-corrected chi connectivity index (χ2v) is 4.19. The fraction of sp³-hybridized carbons (Fsp3) is 0.727.